The zero-order valence-corrected chi connectivity index (χ0v) is 26.8. The van der Waals surface area contributed by atoms with Crippen molar-refractivity contribution in [3.8, 4) is 23.0 Å². The fraction of sp³-hybridized carbons (Fsp3) is 0. The van der Waals surface area contributed by atoms with Crippen LogP contribution in [-0.2, 0) is 44.5 Å². The monoisotopic (exact) mass is 714 g/mol. The summed E-state index contributed by atoms with van der Waals surface area (Å²) in [7, 11) is -11.1. The summed E-state index contributed by atoms with van der Waals surface area (Å²) < 4.78 is 57.4. The first-order valence-corrected chi connectivity index (χ1v) is 15.0. The molecule has 41 heavy (non-hydrogen) atoms. The number of para-hydroxylation sites is 4. The SMILES string of the molecule is O=[P+]([O-])Oc1ccccc1.O=[P+]([O-])Oc1ccccc1.O=[P+]([O-])Oc1ccccc1.O=[P+]([O-])Oc1ccccc1.[Zr+4]. The standard InChI is InChI=1S/4C6H5O3P.Zr/c4*7-10(8)9-6-4-2-1-3-5-6;/h4*1-5H;/q;;;;+4. The molecule has 0 spiro atoms. The van der Waals surface area contributed by atoms with Crippen LogP contribution in [0.2, 0.25) is 0 Å². The molecule has 0 aliphatic rings. The third kappa shape index (κ3) is 22.6. The van der Waals surface area contributed by atoms with Crippen LogP contribution in [-0.4, -0.2) is 0 Å². The molecule has 4 unspecified atom stereocenters. The van der Waals surface area contributed by atoms with Gasteiger partial charge >= 0.3 is 59.2 Å². The van der Waals surface area contributed by atoms with E-state index < -0.39 is 33.0 Å². The number of hydrogen-bond acceptors (Lipinski definition) is 12. The number of hydrogen-bond donors (Lipinski definition) is 0. The summed E-state index contributed by atoms with van der Waals surface area (Å²) in [5, 5.41) is 0. The fourth-order valence-corrected chi connectivity index (χ4v) is 3.45. The third-order valence-corrected chi connectivity index (χ3v) is 5.13. The van der Waals surface area contributed by atoms with Gasteiger partial charge in [-0.1, -0.05) is 72.8 Å². The minimum absolute atomic E-state index is 0. The second kappa shape index (κ2) is 23.9. The summed E-state index contributed by atoms with van der Waals surface area (Å²) in [5.74, 6) is 1.38. The molecule has 0 N–H and O–H groups in total. The quantitative estimate of drug-likeness (QED) is 0.235. The van der Waals surface area contributed by atoms with Gasteiger partial charge in [0.1, 0.15) is 0 Å². The minimum Gasteiger partial charge on any atom is -0.558 e. The molecule has 0 amide bonds. The van der Waals surface area contributed by atoms with Crippen molar-refractivity contribution in [2.75, 3.05) is 0 Å². The van der Waals surface area contributed by atoms with Gasteiger partial charge in [-0.2, -0.15) is 0 Å². The third-order valence-electron chi connectivity index (χ3n) is 3.69. The molecule has 0 aliphatic heterocycles. The Hall–Kier alpha value is -2.80. The van der Waals surface area contributed by atoms with Crippen molar-refractivity contribution in [3.05, 3.63) is 121 Å². The van der Waals surface area contributed by atoms with Crippen LogP contribution in [0, 0.1) is 0 Å². The topological polar surface area (TPSA) is 197 Å². The molecule has 0 saturated carbocycles. The molecule has 0 aliphatic carbocycles. The Morgan fingerprint density at radius 3 is 0.610 bits per heavy atom. The Balaban J connectivity index is 0.000000516. The molecule has 4 aromatic rings. The average molecular weight is 716 g/mol. The van der Waals surface area contributed by atoms with Gasteiger partial charge in [-0.3, -0.25) is 18.1 Å². The van der Waals surface area contributed by atoms with Gasteiger partial charge in [0.15, 0.2) is 23.0 Å². The van der Waals surface area contributed by atoms with Gasteiger partial charge in [0, 0.05) is 0 Å². The van der Waals surface area contributed by atoms with E-state index in [0.29, 0.717) is 23.0 Å². The molecule has 4 atom stereocenters. The van der Waals surface area contributed by atoms with Gasteiger partial charge in [0.25, 0.3) is 0 Å². The van der Waals surface area contributed by atoms with Crippen LogP contribution in [0.25, 0.3) is 0 Å². The summed E-state index contributed by atoms with van der Waals surface area (Å²) in [6.07, 6.45) is 0. The van der Waals surface area contributed by atoms with Crippen LogP contribution in [0.5, 0.6) is 23.0 Å². The summed E-state index contributed by atoms with van der Waals surface area (Å²) in [6.45, 7) is 0. The molecule has 4 rings (SSSR count). The van der Waals surface area contributed by atoms with Crippen LogP contribution in [0.1, 0.15) is 0 Å². The van der Waals surface area contributed by atoms with Crippen LogP contribution < -0.4 is 37.7 Å². The van der Waals surface area contributed by atoms with E-state index >= 15 is 0 Å². The summed E-state index contributed by atoms with van der Waals surface area (Å²) in [4.78, 5) is 39.9. The summed E-state index contributed by atoms with van der Waals surface area (Å²) in [6, 6.07) is 33.3. The first-order valence-electron chi connectivity index (χ1n) is 10.7. The van der Waals surface area contributed by atoms with Gasteiger partial charge in [-0.15, -0.1) is 0 Å². The van der Waals surface area contributed by atoms with E-state index in [1.165, 1.54) is 0 Å². The first-order chi connectivity index (χ1) is 19.2. The maximum atomic E-state index is 9.98. The second-order valence-electron chi connectivity index (χ2n) is 6.51. The molecule has 4 aromatic carbocycles. The Labute approximate surface area is 258 Å². The van der Waals surface area contributed by atoms with Crippen molar-refractivity contribution in [1.29, 1.82) is 0 Å². The van der Waals surface area contributed by atoms with Gasteiger partial charge < -0.3 is 19.6 Å². The van der Waals surface area contributed by atoms with Gasteiger partial charge in [0.05, 0.1) is 0 Å². The van der Waals surface area contributed by atoms with Crippen LogP contribution in [0.4, 0.5) is 0 Å². The van der Waals surface area contributed by atoms with Crippen molar-refractivity contribution in [2.45, 2.75) is 0 Å². The molecule has 0 saturated heterocycles. The van der Waals surface area contributed by atoms with Crippen molar-refractivity contribution in [3.63, 3.8) is 0 Å². The minimum atomic E-state index is -2.78. The van der Waals surface area contributed by atoms with E-state index in [9.17, 15) is 37.8 Å². The average Bonchev–Trinajstić information content (AvgIpc) is 2.91. The predicted octanol–water partition coefficient (Wildman–Crippen LogP) is 4.33. The molecule has 17 heteroatoms. The van der Waals surface area contributed by atoms with Crippen molar-refractivity contribution in [2.24, 2.45) is 0 Å². The van der Waals surface area contributed by atoms with E-state index in [-0.39, 0.29) is 26.2 Å². The Morgan fingerprint density at radius 2 is 0.488 bits per heavy atom. The molecule has 0 heterocycles. The van der Waals surface area contributed by atoms with Crippen molar-refractivity contribution >= 4 is 33.0 Å². The van der Waals surface area contributed by atoms with Crippen LogP contribution in [0.3, 0.4) is 0 Å². The van der Waals surface area contributed by atoms with E-state index in [2.05, 4.69) is 18.1 Å². The Bertz CT molecular complexity index is 1100. The zero-order valence-electron chi connectivity index (χ0n) is 20.7. The Kier molecular flexibility index (Phi) is 22.2. The maximum absolute atomic E-state index is 9.98. The molecule has 208 valence electrons. The molecular formula is C24H20O12P4Zr+4. The van der Waals surface area contributed by atoms with E-state index in [1.807, 2.05) is 0 Å². The molecule has 12 nitrogen and oxygen atoms in total. The van der Waals surface area contributed by atoms with E-state index in [0.717, 1.165) is 0 Å². The number of rotatable bonds is 8. The first kappa shape index (κ1) is 38.2. The van der Waals surface area contributed by atoms with Gasteiger partial charge in [-0.05, 0) is 66.8 Å². The predicted molar refractivity (Wildman–Crippen MR) is 139 cm³/mol. The van der Waals surface area contributed by atoms with E-state index in [4.69, 9.17) is 0 Å². The fourth-order valence-electron chi connectivity index (χ4n) is 2.27. The number of benzene rings is 4. The molecule has 0 bridgehead atoms. The summed E-state index contributed by atoms with van der Waals surface area (Å²) in [5.41, 5.74) is 0. The normalized spacial score (nSPS) is 10.4. The van der Waals surface area contributed by atoms with Gasteiger partial charge in [0.2, 0.25) is 0 Å². The van der Waals surface area contributed by atoms with Crippen molar-refractivity contribution < 1.29 is 82.1 Å². The van der Waals surface area contributed by atoms with Crippen LogP contribution in [0.15, 0.2) is 121 Å². The molecule has 0 radical (unpaired) electrons. The molecular weight excluding hydrogens is 695 g/mol. The molecule has 0 fully saturated rings. The largest absolute Gasteiger partial charge is 4.00 e. The summed E-state index contributed by atoms with van der Waals surface area (Å²) >= 11 is 0. The maximum Gasteiger partial charge on any atom is 4.00 e. The smallest absolute Gasteiger partial charge is 0.558 e. The molecule has 0 aromatic heterocycles. The van der Waals surface area contributed by atoms with E-state index in [1.54, 1.807) is 121 Å². The van der Waals surface area contributed by atoms with Crippen molar-refractivity contribution in [1.82, 2.24) is 0 Å². The second-order valence-corrected chi connectivity index (χ2v) is 9.03. The van der Waals surface area contributed by atoms with Gasteiger partial charge in [-0.25, -0.2) is 0 Å². The van der Waals surface area contributed by atoms with Crippen LogP contribution >= 0.6 is 33.0 Å². The zero-order chi connectivity index (χ0) is 29.6. The Morgan fingerprint density at radius 1 is 0.341 bits per heavy atom.